The lowest BCUT2D eigenvalue weighted by Gasteiger charge is -2.44. The largest absolute Gasteiger partial charge is 0.417 e. The number of rotatable bonds is 6. The van der Waals surface area contributed by atoms with Crippen LogP contribution < -0.4 is 21.5 Å². The number of nitrogen functional groups attached to an aromatic ring is 1. The first-order valence-corrected chi connectivity index (χ1v) is 13.7. The minimum Gasteiger partial charge on any atom is -0.399 e. The van der Waals surface area contributed by atoms with Crippen molar-refractivity contribution >= 4 is 23.0 Å². The molecule has 2 heterocycles. The van der Waals surface area contributed by atoms with E-state index in [1.165, 1.54) is 24.3 Å². The summed E-state index contributed by atoms with van der Waals surface area (Å²) in [5, 5.41) is 2.23. The number of alkyl halides is 3. The van der Waals surface area contributed by atoms with Gasteiger partial charge in [-0.15, -0.1) is 0 Å². The second-order valence-corrected chi connectivity index (χ2v) is 10.2. The van der Waals surface area contributed by atoms with E-state index in [4.69, 9.17) is 10.5 Å². The van der Waals surface area contributed by atoms with Crippen LogP contribution in [0.1, 0.15) is 43.6 Å². The number of aromatic nitrogens is 1. The van der Waals surface area contributed by atoms with Crippen molar-refractivity contribution in [2.24, 2.45) is 0 Å². The molecule has 0 spiro atoms. The van der Waals surface area contributed by atoms with Crippen molar-refractivity contribution < 1.29 is 31.5 Å². The SMILES string of the molecule is CCOCC.C[C@@H]1CN(c2cc(F)c(-c3ccc(N)cc3)c(F)c2NC(=O)c2c[nH]c(=O)cc2C(F)(F)F)C[C@H](C)N1C. The lowest BCUT2D eigenvalue weighted by Crippen LogP contribution is -2.55. The second-order valence-electron chi connectivity index (χ2n) is 10.2. The van der Waals surface area contributed by atoms with Gasteiger partial charge < -0.3 is 25.7 Å². The summed E-state index contributed by atoms with van der Waals surface area (Å²) in [6.45, 7) is 10.2. The maximum atomic E-state index is 16.1. The van der Waals surface area contributed by atoms with Crippen molar-refractivity contribution in [2.75, 3.05) is 49.3 Å². The number of nitrogens with zero attached hydrogens (tertiary/aromatic N) is 2. The highest BCUT2D eigenvalue weighted by Crippen LogP contribution is 2.40. The molecule has 4 N–H and O–H groups in total. The van der Waals surface area contributed by atoms with E-state index < -0.39 is 51.7 Å². The number of halogens is 5. The second kappa shape index (κ2) is 14.0. The maximum absolute atomic E-state index is 16.1. The van der Waals surface area contributed by atoms with Gasteiger partial charge in [0.25, 0.3) is 5.91 Å². The molecule has 43 heavy (non-hydrogen) atoms. The molecule has 2 aromatic carbocycles. The Bertz CT molecular complexity index is 1460. The first kappa shape index (κ1) is 33.5. The molecule has 1 saturated heterocycles. The molecular formula is C30H36F5N5O3. The summed E-state index contributed by atoms with van der Waals surface area (Å²) in [7, 11) is 1.91. The molecule has 0 bridgehead atoms. The average Bonchev–Trinajstić information content (AvgIpc) is 2.94. The number of carbonyl (C=O) groups excluding carboxylic acids is 1. The number of hydrogen-bond donors (Lipinski definition) is 3. The van der Waals surface area contributed by atoms with Crippen molar-refractivity contribution in [3.63, 3.8) is 0 Å². The fourth-order valence-electron chi connectivity index (χ4n) is 4.77. The van der Waals surface area contributed by atoms with E-state index in [1.54, 1.807) is 4.90 Å². The number of carbonyl (C=O) groups is 1. The molecule has 234 valence electrons. The third kappa shape index (κ3) is 7.90. The molecule has 1 aromatic heterocycles. The van der Waals surface area contributed by atoms with Crippen LogP contribution in [-0.4, -0.2) is 61.2 Å². The smallest absolute Gasteiger partial charge is 0.399 e. The molecule has 3 aromatic rings. The van der Waals surface area contributed by atoms with Crippen LogP contribution in [0.3, 0.4) is 0 Å². The van der Waals surface area contributed by atoms with Gasteiger partial charge in [-0.2, -0.15) is 13.2 Å². The Morgan fingerprint density at radius 3 is 2.16 bits per heavy atom. The highest BCUT2D eigenvalue weighted by atomic mass is 19.4. The maximum Gasteiger partial charge on any atom is 0.417 e. The summed E-state index contributed by atoms with van der Waals surface area (Å²) in [5.41, 5.74) is 1.74. The summed E-state index contributed by atoms with van der Waals surface area (Å²) in [6.07, 6.45) is -4.41. The standard InChI is InChI=1S/C26H26F5N5O2.C4H10O/c1-13-11-36(12-14(2)35(13)3)20-9-19(27)22(15-4-6-16(32)7-5-15)23(28)24(20)34-25(38)17-10-33-21(37)8-18(17)26(29,30)31;1-3-5-4-2/h4-10,13-14H,11-12,32H2,1-3H3,(H,33,37)(H,34,38);3-4H2,1-2H3/t13-,14+;. The van der Waals surface area contributed by atoms with Gasteiger partial charge in [0.1, 0.15) is 11.5 Å². The zero-order chi connectivity index (χ0) is 32.1. The number of benzene rings is 2. The number of nitrogens with one attached hydrogen (secondary N) is 2. The number of pyridine rings is 1. The first-order valence-electron chi connectivity index (χ1n) is 13.7. The van der Waals surface area contributed by atoms with E-state index in [-0.39, 0.29) is 29.4 Å². The van der Waals surface area contributed by atoms with Crippen LogP contribution in [0, 0.1) is 11.6 Å². The number of ether oxygens (including phenoxy) is 1. The molecule has 8 nitrogen and oxygen atoms in total. The van der Waals surface area contributed by atoms with Gasteiger partial charge in [0, 0.05) is 62.4 Å². The Hall–Kier alpha value is -3.97. The fraction of sp³-hybridized carbons (Fsp3) is 0.400. The molecule has 0 radical (unpaired) electrons. The van der Waals surface area contributed by atoms with Crippen molar-refractivity contribution in [1.82, 2.24) is 9.88 Å². The van der Waals surface area contributed by atoms with Crippen LogP contribution >= 0.6 is 0 Å². The zero-order valence-corrected chi connectivity index (χ0v) is 24.6. The number of piperazine rings is 1. The average molecular weight is 610 g/mol. The van der Waals surface area contributed by atoms with Crippen molar-refractivity contribution in [2.45, 2.75) is 46.0 Å². The Morgan fingerprint density at radius 2 is 1.65 bits per heavy atom. The van der Waals surface area contributed by atoms with Gasteiger partial charge in [-0.25, -0.2) is 8.78 Å². The van der Waals surface area contributed by atoms with Crippen molar-refractivity contribution in [3.05, 3.63) is 75.7 Å². The van der Waals surface area contributed by atoms with E-state index in [2.05, 4.69) is 10.2 Å². The van der Waals surface area contributed by atoms with E-state index in [1.807, 2.05) is 39.7 Å². The number of hydrogen-bond acceptors (Lipinski definition) is 6. The molecule has 0 unspecified atom stereocenters. The highest BCUT2D eigenvalue weighted by molar-refractivity contribution is 6.07. The minimum atomic E-state index is -5.03. The first-order chi connectivity index (χ1) is 20.2. The predicted octanol–water partition coefficient (Wildman–Crippen LogP) is 5.75. The van der Waals surface area contributed by atoms with Gasteiger partial charge in [-0.3, -0.25) is 14.5 Å². The van der Waals surface area contributed by atoms with Gasteiger partial charge >= 0.3 is 6.18 Å². The molecule has 2 atom stereocenters. The van der Waals surface area contributed by atoms with E-state index >= 15 is 8.78 Å². The van der Waals surface area contributed by atoms with Crippen molar-refractivity contribution in [3.8, 4) is 11.1 Å². The monoisotopic (exact) mass is 609 g/mol. The van der Waals surface area contributed by atoms with Crippen LogP contribution in [0.25, 0.3) is 11.1 Å². The van der Waals surface area contributed by atoms with E-state index in [0.717, 1.165) is 19.3 Å². The van der Waals surface area contributed by atoms with Gasteiger partial charge in [0.05, 0.1) is 22.4 Å². The number of anilines is 3. The Labute approximate surface area is 246 Å². The minimum absolute atomic E-state index is 0.0164. The summed E-state index contributed by atoms with van der Waals surface area (Å²) in [6, 6.07) is 6.94. The summed E-state index contributed by atoms with van der Waals surface area (Å²) >= 11 is 0. The normalized spacial score (nSPS) is 17.3. The number of nitrogens with two attached hydrogens (primary N) is 1. The third-order valence-corrected chi connectivity index (χ3v) is 7.22. The Kier molecular flexibility index (Phi) is 10.9. The van der Waals surface area contributed by atoms with E-state index in [9.17, 15) is 22.8 Å². The van der Waals surface area contributed by atoms with E-state index in [0.29, 0.717) is 25.0 Å². The summed E-state index contributed by atoms with van der Waals surface area (Å²) in [5.74, 6) is -3.39. The van der Waals surface area contributed by atoms with Gasteiger partial charge in [-0.1, -0.05) is 12.1 Å². The summed E-state index contributed by atoms with van der Waals surface area (Å²) in [4.78, 5) is 30.4. The predicted molar refractivity (Wildman–Crippen MR) is 157 cm³/mol. The molecule has 1 fully saturated rings. The fourth-order valence-corrected chi connectivity index (χ4v) is 4.77. The Morgan fingerprint density at radius 1 is 1.07 bits per heavy atom. The van der Waals surface area contributed by atoms with Crippen LogP contribution in [-0.2, 0) is 10.9 Å². The van der Waals surface area contributed by atoms with Crippen LogP contribution in [0.2, 0.25) is 0 Å². The number of aromatic amines is 1. The van der Waals surface area contributed by atoms with Crippen LogP contribution in [0.5, 0.6) is 0 Å². The zero-order valence-electron chi connectivity index (χ0n) is 24.6. The number of H-pyrrole nitrogens is 1. The third-order valence-electron chi connectivity index (χ3n) is 7.22. The lowest BCUT2D eigenvalue weighted by atomic mass is 10.00. The van der Waals surface area contributed by atoms with Gasteiger partial charge in [0.2, 0.25) is 5.56 Å². The molecule has 4 rings (SSSR count). The molecule has 1 amide bonds. The molecular weight excluding hydrogens is 573 g/mol. The molecule has 13 heteroatoms. The quantitative estimate of drug-likeness (QED) is 0.243. The van der Waals surface area contributed by atoms with Crippen LogP contribution in [0.15, 0.2) is 47.4 Å². The highest BCUT2D eigenvalue weighted by Gasteiger charge is 2.37. The lowest BCUT2D eigenvalue weighted by molar-refractivity contribution is -0.138. The number of likely N-dealkylation sites (N-methyl/N-ethyl adjacent to an activating group) is 1. The Balaban J connectivity index is 0.000000934. The number of amides is 1. The van der Waals surface area contributed by atoms with Gasteiger partial charge in [-0.05, 0) is 52.4 Å². The topological polar surface area (TPSA) is 104 Å². The molecule has 1 aliphatic heterocycles. The summed E-state index contributed by atoms with van der Waals surface area (Å²) < 4.78 is 77.1. The van der Waals surface area contributed by atoms with Gasteiger partial charge in [0.15, 0.2) is 5.82 Å². The van der Waals surface area contributed by atoms with Crippen molar-refractivity contribution in [1.29, 1.82) is 0 Å². The molecule has 0 aliphatic carbocycles. The molecule has 0 saturated carbocycles. The molecule has 1 aliphatic rings. The van der Waals surface area contributed by atoms with Crippen LogP contribution in [0.4, 0.5) is 39.0 Å².